The monoisotopic (exact) mass is 326 g/mol. The Bertz CT molecular complexity index is 859. The second kappa shape index (κ2) is 7.21. The van der Waals surface area contributed by atoms with Crippen LogP contribution in [0.25, 0.3) is 11.2 Å². The van der Waals surface area contributed by atoms with Crippen molar-refractivity contribution in [3.8, 4) is 0 Å². The van der Waals surface area contributed by atoms with Gasteiger partial charge in [0.15, 0.2) is 5.65 Å². The number of imidazole rings is 1. The van der Waals surface area contributed by atoms with Gasteiger partial charge in [-0.25, -0.2) is 14.4 Å². The first-order valence-corrected chi connectivity index (χ1v) is 7.98. The van der Waals surface area contributed by atoms with Crippen molar-refractivity contribution in [2.24, 2.45) is 0 Å². The van der Waals surface area contributed by atoms with Gasteiger partial charge in [0.05, 0.1) is 6.42 Å². The molecule has 0 aliphatic heterocycles. The minimum Gasteiger partial charge on any atom is -0.355 e. The zero-order chi connectivity index (χ0) is 16.9. The van der Waals surface area contributed by atoms with Crippen molar-refractivity contribution in [1.82, 2.24) is 19.9 Å². The van der Waals surface area contributed by atoms with Crippen LogP contribution in [0.5, 0.6) is 0 Å². The number of nitrogens with one attached hydrogen (secondary N) is 1. The van der Waals surface area contributed by atoms with Crippen molar-refractivity contribution >= 4 is 17.1 Å². The average Bonchev–Trinajstić information content (AvgIpc) is 2.92. The second-order valence-electron chi connectivity index (χ2n) is 5.53. The van der Waals surface area contributed by atoms with Gasteiger partial charge >= 0.3 is 0 Å². The summed E-state index contributed by atoms with van der Waals surface area (Å²) in [5, 5.41) is 2.86. The fourth-order valence-corrected chi connectivity index (χ4v) is 2.74. The number of fused-ring (bicyclic) bond motifs is 1. The number of carbonyl (C=O) groups excluding carboxylic acids is 1. The normalized spacial score (nSPS) is 10.9. The van der Waals surface area contributed by atoms with Gasteiger partial charge in [-0.2, -0.15) is 0 Å². The highest BCUT2D eigenvalue weighted by Crippen LogP contribution is 2.13. The van der Waals surface area contributed by atoms with Crippen molar-refractivity contribution < 1.29 is 9.18 Å². The Labute approximate surface area is 139 Å². The van der Waals surface area contributed by atoms with Gasteiger partial charge < -0.3 is 9.88 Å². The molecule has 0 radical (unpaired) electrons. The minimum atomic E-state index is -0.329. The highest BCUT2D eigenvalue weighted by molar-refractivity contribution is 5.78. The Kier molecular flexibility index (Phi) is 4.84. The maximum Gasteiger partial charge on any atom is 0.224 e. The third-order valence-corrected chi connectivity index (χ3v) is 3.82. The fraction of sp³-hybridized carbons (Fsp3) is 0.278. The van der Waals surface area contributed by atoms with Gasteiger partial charge in [-0.3, -0.25) is 4.79 Å². The molecule has 0 aliphatic rings. The number of benzene rings is 1. The molecule has 0 fully saturated rings. The molecule has 1 aromatic carbocycles. The van der Waals surface area contributed by atoms with E-state index in [0.717, 1.165) is 23.5 Å². The highest BCUT2D eigenvalue weighted by Gasteiger charge is 2.10. The smallest absolute Gasteiger partial charge is 0.224 e. The van der Waals surface area contributed by atoms with Gasteiger partial charge in [0.2, 0.25) is 5.91 Å². The number of aromatic nitrogens is 3. The number of rotatable bonds is 6. The van der Waals surface area contributed by atoms with Gasteiger partial charge in [0, 0.05) is 25.7 Å². The Hall–Kier alpha value is -2.76. The third kappa shape index (κ3) is 3.59. The average molecular weight is 326 g/mol. The van der Waals surface area contributed by atoms with Gasteiger partial charge in [0.25, 0.3) is 0 Å². The van der Waals surface area contributed by atoms with Crippen LogP contribution in [0.1, 0.15) is 18.3 Å². The summed E-state index contributed by atoms with van der Waals surface area (Å²) in [7, 11) is 0. The number of nitrogens with zero attached hydrogens (tertiary/aromatic N) is 3. The van der Waals surface area contributed by atoms with Crippen LogP contribution < -0.4 is 5.32 Å². The Morgan fingerprint density at radius 2 is 2.17 bits per heavy atom. The zero-order valence-electron chi connectivity index (χ0n) is 13.5. The molecule has 3 aromatic rings. The standard InChI is InChI=1S/C18H19FN4O/c1-2-23-16(22-15-7-4-9-21-18(15)23)8-10-20-17(24)12-13-5-3-6-14(19)11-13/h3-7,9,11H,2,8,10,12H2,1H3,(H,20,24). The van der Waals surface area contributed by atoms with E-state index in [0.29, 0.717) is 18.5 Å². The first-order valence-electron chi connectivity index (χ1n) is 7.98. The number of aryl methyl sites for hydroxylation is 1. The van der Waals surface area contributed by atoms with Crippen LogP contribution in [0.4, 0.5) is 4.39 Å². The summed E-state index contributed by atoms with van der Waals surface area (Å²) >= 11 is 0. The molecule has 124 valence electrons. The van der Waals surface area contributed by atoms with E-state index in [1.165, 1.54) is 12.1 Å². The van der Waals surface area contributed by atoms with Crippen LogP contribution in [-0.4, -0.2) is 27.0 Å². The predicted molar refractivity (Wildman–Crippen MR) is 90.0 cm³/mol. The summed E-state index contributed by atoms with van der Waals surface area (Å²) in [5.74, 6) is 0.444. The van der Waals surface area contributed by atoms with Crippen molar-refractivity contribution in [3.63, 3.8) is 0 Å². The molecule has 1 N–H and O–H groups in total. The third-order valence-electron chi connectivity index (χ3n) is 3.82. The Morgan fingerprint density at radius 1 is 1.29 bits per heavy atom. The molecule has 1 amide bonds. The number of hydrogen-bond donors (Lipinski definition) is 1. The lowest BCUT2D eigenvalue weighted by molar-refractivity contribution is -0.120. The molecule has 0 bridgehead atoms. The molecule has 3 rings (SSSR count). The number of halogens is 1. The molecule has 0 unspecified atom stereocenters. The lowest BCUT2D eigenvalue weighted by atomic mass is 10.1. The van der Waals surface area contributed by atoms with Crippen LogP contribution in [-0.2, 0) is 24.2 Å². The van der Waals surface area contributed by atoms with Gasteiger partial charge in [-0.05, 0) is 36.8 Å². The summed E-state index contributed by atoms with van der Waals surface area (Å²) in [6.45, 7) is 3.30. The van der Waals surface area contributed by atoms with Gasteiger partial charge in [0.1, 0.15) is 17.2 Å². The van der Waals surface area contributed by atoms with E-state index in [4.69, 9.17) is 0 Å². The summed E-state index contributed by atoms with van der Waals surface area (Å²) in [5.41, 5.74) is 2.39. The molecule has 5 nitrogen and oxygen atoms in total. The summed E-state index contributed by atoms with van der Waals surface area (Å²) in [6, 6.07) is 9.88. The number of pyridine rings is 1. The van der Waals surface area contributed by atoms with Crippen LogP contribution in [0, 0.1) is 5.82 Å². The highest BCUT2D eigenvalue weighted by atomic mass is 19.1. The van der Waals surface area contributed by atoms with Crippen molar-refractivity contribution in [3.05, 3.63) is 59.8 Å². The number of hydrogen-bond acceptors (Lipinski definition) is 3. The van der Waals surface area contributed by atoms with E-state index in [1.807, 2.05) is 23.6 Å². The van der Waals surface area contributed by atoms with Crippen LogP contribution in [0.3, 0.4) is 0 Å². The van der Waals surface area contributed by atoms with E-state index in [1.54, 1.807) is 18.3 Å². The van der Waals surface area contributed by atoms with E-state index >= 15 is 0 Å². The molecule has 0 saturated carbocycles. The fourth-order valence-electron chi connectivity index (χ4n) is 2.74. The largest absolute Gasteiger partial charge is 0.355 e. The van der Waals surface area contributed by atoms with Gasteiger partial charge in [-0.15, -0.1) is 0 Å². The molecule has 6 heteroatoms. The molecular weight excluding hydrogens is 307 g/mol. The molecule has 0 spiro atoms. The lowest BCUT2D eigenvalue weighted by Crippen LogP contribution is -2.28. The van der Waals surface area contributed by atoms with E-state index < -0.39 is 0 Å². The van der Waals surface area contributed by atoms with E-state index in [-0.39, 0.29) is 18.1 Å². The molecule has 0 aliphatic carbocycles. The molecular formula is C18H19FN4O. The van der Waals surface area contributed by atoms with Gasteiger partial charge in [-0.1, -0.05) is 12.1 Å². The SMILES string of the molecule is CCn1c(CCNC(=O)Cc2cccc(F)c2)nc2cccnc21. The lowest BCUT2D eigenvalue weighted by Gasteiger charge is -2.07. The summed E-state index contributed by atoms with van der Waals surface area (Å²) in [6.07, 6.45) is 2.54. The zero-order valence-corrected chi connectivity index (χ0v) is 13.5. The van der Waals surface area contributed by atoms with Crippen molar-refractivity contribution in [2.75, 3.05) is 6.54 Å². The molecule has 24 heavy (non-hydrogen) atoms. The number of amides is 1. The van der Waals surface area contributed by atoms with Crippen LogP contribution in [0.15, 0.2) is 42.6 Å². The van der Waals surface area contributed by atoms with Crippen LogP contribution in [0.2, 0.25) is 0 Å². The van der Waals surface area contributed by atoms with E-state index in [2.05, 4.69) is 15.3 Å². The molecule has 0 saturated heterocycles. The maximum absolute atomic E-state index is 13.1. The quantitative estimate of drug-likeness (QED) is 0.757. The first kappa shape index (κ1) is 16.1. The maximum atomic E-state index is 13.1. The summed E-state index contributed by atoms with van der Waals surface area (Å²) in [4.78, 5) is 20.9. The molecule has 0 atom stereocenters. The molecule has 2 heterocycles. The van der Waals surface area contributed by atoms with Crippen molar-refractivity contribution in [2.45, 2.75) is 26.3 Å². The Balaban J connectivity index is 1.59. The van der Waals surface area contributed by atoms with Crippen LogP contribution >= 0.6 is 0 Å². The predicted octanol–water partition coefficient (Wildman–Crippen LogP) is 2.49. The molecule has 2 aromatic heterocycles. The number of carbonyl (C=O) groups is 1. The second-order valence-corrected chi connectivity index (χ2v) is 5.53. The van der Waals surface area contributed by atoms with Crippen molar-refractivity contribution in [1.29, 1.82) is 0 Å². The van der Waals surface area contributed by atoms with E-state index in [9.17, 15) is 9.18 Å². The summed E-state index contributed by atoms with van der Waals surface area (Å²) < 4.78 is 15.2. The topological polar surface area (TPSA) is 59.8 Å². The minimum absolute atomic E-state index is 0.127. The Morgan fingerprint density at radius 3 is 2.96 bits per heavy atom. The first-order chi connectivity index (χ1) is 11.7.